The number of hydrogen-bond donors (Lipinski definition) is 2. The highest BCUT2D eigenvalue weighted by atomic mass is 16.5. The molecular formula is C12H16N2O3. The number of methoxy groups -OCH3 is 1. The van der Waals surface area contributed by atoms with E-state index in [4.69, 9.17) is 4.74 Å². The first kappa shape index (κ1) is 13.0. The predicted octanol–water partition coefficient (Wildman–Crippen LogP) is 1.11. The molecule has 2 N–H and O–H groups in total. The van der Waals surface area contributed by atoms with Gasteiger partial charge in [-0.2, -0.15) is 0 Å². The number of rotatable bonds is 3. The van der Waals surface area contributed by atoms with Gasteiger partial charge in [0.25, 0.3) is 5.91 Å². The van der Waals surface area contributed by atoms with Crippen LogP contribution in [0.3, 0.4) is 0 Å². The van der Waals surface area contributed by atoms with Gasteiger partial charge in [-0.15, -0.1) is 0 Å². The second kappa shape index (κ2) is 5.89. The lowest BCUT2D eigenvalue weighted by atomic mass is 10.2. The van der Waals surface area contributed by atoms with Gasteiger partial charge < -0.3 is 4.74 Å². The van der Waals surface area contributed by atoms with Crippen LogP contribution in [-0.4, -0.2) is 18.9 Å². The van der Waals surface area contributed by atoms with Crippen LogP contribution in [0, 0.1) is 5.92 Å². The van der Waals surface area contributed by atoms with Crippen molar-refractivity contribution in [2.75, 3.05) is 7.11 Å². The second-order valence-corrected chi connectivity index (χ2v) is 3.83. The van der Waals surface area contributed by atoms with Crippen LogP contribution in [-0.2, 0) is 4.79 Å². The first-order valence-electron chi connectivity index (χ1n) is 5.29. The molecule has 0 fully saturated rings. The molecule has 0 saturated carbocycles. The Hall–Kier alpha value is -2.04. The summed E-state index contributed by atoms with van der Waals surface area (Å²) in [5.41, 5.74) is 5.10. The maximum absolute atomic E-state index is 11.7. The number of ether oxygens (including phenoxy) is 1. The number of benzene rings is 1. The van der Waals surface area contributed by atoms with Gasteiger partial charge in [0, 0.05) is 11.5 Å². The van der Waals surface area contributed by atoms with Gasteiger partial charge >= 0.3 is 0 Å². The number of carbonyl (C=O) groups is 2. The Kier molecular flexibility index (Phi) is 4.51. The quantitative estimate of drug-likeness (QED) is 0.772. The molecular weight excluding hydrogens is 220 g/mol. The summed E-state index contributed by atoms with van der Waals surface area (Å²) < 4.78 is 5.00. The van der Waals surface area contributed by atoms with Crippen molar-refractivity contribution < 1.29 is 14.3 Å². The molecule has 0 atom stereocenters. The van der Waals surface area contributed by atoms with E-state index in [9.17, 15) is 9.59 Å². The fraction of sp³-hybridized carbons (Fsp3) is 0.333. The Morgan fingerprint density at radius 1 is 1.24 bits per heavy atom. The Morgan fingerprint density at radius 2 is 1.94 bits per heavy atom. The normalized spacial score (nSPS) is 9.88. The minimum Gasteiger partial charge on any atom is -0.497 e. The van der Waals surface area contributed by atoms with E-state index in [0.29, 0.717) is 11.3 Å². The van der Waals surface area contributed by atoms with Crippen LogP contribution in [0.15, 0.2) is 24.3 Å². The van der Waals surface area contributed by atoms with Crippen LogP contribution < -0.4 is 15.6 Å². The van der Waals surface area contributed by atoms with E-state index in [-0.39, 0.29) is 17.7 Å². The summed E-state index contributed by atoms with van der Waals surface area (Å²) in [4.78, 5) is 22.9. The zero-order valence-corrected chi connectivity index (χ0v) is 10.1. The lowest BCUT2D eigenvalue weighted by Gasteiger charge is -2.09. The minimum atomic E-state index is -0.377. The number of nitrogens with one attached hydrogen (secondary N) is 2. The van der Waals surface area contributed by atoms with Crippen LogP contribution in [0.4, 0.5) is 0 Å². The zero-order chi connectivity index (χ0) is 12.8. The summed E-state index contributed by atoms with van der Waals surface area (Å²) >= 11 is 0. The average molecular weight is 236 g/mol. The minimum absolute atomic E-state index is 0.180. The second-order valence-electron chi connectivity index (χ2n) is 3.83. The van der Waals surface area contributed by atoms with E-state index in [1.54, 1.807) is 38.1 Å². The Morgan fingerprint density at radius 3 is 2.53 bits per heavy atom. The molecule has 1 rings (SSSR count). The van der Waals surface area contributed by atoms with E-state index in [2.05, 4.69) is 10.9 Å². The number of hydrazine groups is 1. The molecule has 2 amide bonds. The molecule has 5 nitrogen and oxygen atoms in total. The van der Waals surface area contributed by atoms with Crippen molar-refractivity contribution in [1.29, 1.82) is 0 Å². The van der Waals surface area contributed by atoms with Crippen LogP contribution in [0.5, 0.6) is 5.75 Å². The molecule has 0 aromatic heterocycles. The Balaban J connectivity index is 2.61. The number of hydrogen-bond acceptors (Lipinski definition) is 3. The molecule has 0 aliphatic carbocycles. The maximum atomic E-state index is 11.7. The molecule has 0 bridgehead atoms. The van der Waals surface area contributed by atoms with Crippen LogP contribution in [0.2, 0.25) is 0 Å². The molecule has 92 valence electrons. The molecule has 0 aliphatic heterocycles. The van der Waals surface area contributed by atoms with Gasteiger partial charge in [0.1, 0.15) is 5.75 Å². The van der Waals surface area contributed by atoms with Gasteiger partial charge in [-0.3, -0.25) is 20.4 Å². The third-order valence-electron chi connectivity index (χ3n) is 2.16. The van der Waals surface area contributed by atoms with Crippen molar-refractivity contribution in [2.24, 2.45) is 5.92 Å². The lowest BCUT2D eigenvalue weighted by molar-refractivity contribution is -0.124. The van der Waals surface area contributed by atoms with E-state index < -0.39 is 0 Å². The maximum Gasteiger partial charge on any atom is 0.269 e. The molecule has 0 unspecified atom stereocenters. The van der Waals surface area contributed by atoms with Gasteiger partial charge in [-0.25, -0.2) is 0 Å². The molecule has 0 heterocycles. The molecule has 0 aliphatic rings. The molecule has 0 radical (unpaired) electrons. The van der Waals surface area contributed by atoms with Crippen molar-refractivity contribution in [2.45, 2.75) is 13.8 Å². The van der Waals surface area contributed by atoms with Crippen molar-refractivity contribution in [3.63, 3.8) is 0 Å². The van der Waals surface area contributed by atoms with Gasteiger partial charge in [0.05, 0.1) is 7.11 Å². The number of carbonyl (C=O) groups excluding carboxylic acids is 2. The van der Waals surface area contributed by atoms with Gasteiger partial charge in [0.2, 0.25) is 5.91 Å². The van der Waals surface area contributed by atoms with Gasteiger partial charge in [0.15, 0.2) is 0 Å². The van der Waals surface area contributed by atoms with E-state index >= 15 is 0 Å². The fourth-order valence-corrected chi connectivity index (χ4v) is 1.10. The highest BCUT2D eigenvalue weighted by molar-refractivity contribution is 5.95. The summed E-state index contributed by atoms with van der Waals surface area (Å²) in [5.74, 6) is -0.201. The highest BCUT2D eigenvalue weighted by Gasteiger charge is 2.10. The third-order valence-corrected chi connectivity index (χ3v) is 2.16. The molecule has 0 saturated heterocycles. The van der Waals surface area contributed by atoms with Crippen molar-refractivity contribution in [3.05, 3.63) is 29.8 Å². The Labute approximate surface area is 100 Å². The first-order valence-corrected chi connectivity index (χ1v) is 5.29. The molecule has 5 heteroatoms. The van der Waals surface area contributed by atoms with Crippen molar-refractivity contribution in [3.8, 4) is 5.75 Å². The molecule has 0 spiro atoms. The zero-order valence-electron chi connectivity index (χ0n) is 10.1. The first-order chi connectivity index (χ1) is 8.04. The van der Waals surface area contributed by atoms with Crippen LogP contribution in [0.25, 0.3) is 0 Å². The molecule has 17 heavy (non-hydrogen) atoms. The summed E-state index contributed by atoms with van der Waals surface area (Å²) in [7, 11) is 1.53. The van der Waals surface area contributed by atoms with Crippen molar-refractivity contribution >= 4 is 11.8 Å². The lowest BCUT2D eigenvalue weighted by Crippen LogP contribution is -2.43. The average Bonchev–Trinajstić information content (AvgIpc) is 2.35. The molecule has 1 aromatic carbocycles. The summed E-state index contributed by atoms with van der Waals surface area (Å²) in [6.45, 7) is 3.49. The summed E-state index contributed by atoms with van der Waals surface area (Å²) in [6, 6.07) is 6.68. The number of amides is 2. The third kappa shape index (κ3) is 3.79. The monoisotopic (exact) mass is 236 g/mol. The summed E-state index contributed by atoms with van der Waals surface area (Å²) in [5, 5.41) is 0. The topological polar surface area (TPSA) is 67.4 Å². The van der Waals surface area contributed by atoms with Gasteiger partial charge in [-0.05, 0) is 18.2 Å². The fourth-order valence-electron chi connectivity index (χ4n) is 1.10. The molecule has 1 aromatic rings. The van der Waals surface area contributed by atoms with Crippen LogP contribution >= 0.6 is 0 Å². The van der Waals surface area contributed by atoms with E-state index in [0.717, 1.165) is 0 Å². The Bertz CT molecular complexity index is 416. The van der Waals surface area contributed by atoms with Gasteiger partial charge in [-0.1, -0.05) is 19.9 Å². The SMILES string of the molecule is COc1cccc(C(=O)NNC(=O)C(C)C)c1. The smallest absolute Gasteiger partial charge is 0.269 e. The van der Waals surface area contributed by atoms with Crippen molar-refractivity contribution in [1.82, 2.24) is 10.9 Å². The highest BCUT2D eigenvalue weighted by Crippen LogP contribution is 2.11. The predicted molar refractivity (Wildman–Crippen MR) is 63.4 cm³/mol. The van der Waals surface area contributed by atoms with Crippen LogP contribution in [0.1, 0.15) is 24.2 Å². The summed E-state index contributed by atoms with van der Waals surface area (Å²) in [6.07, 6.45) is 0. The van der Waals surface area contributed by atoms with E-state index in [1.807, 2.05) is 0 Å². The largest absolute Gasteiger partial charge is 0.497 e. The van der Waals surface area contributed by atoms with E-state index in [1.165, 1.54) is 7.11 Å². The standard InChI is InChI=1S/C12H16N2O3/c1-8(2)11(15)13-14-12(16)9-5-4-6-10(7-9)17-3/h4-8H,1-3H3,(H,13,15)(H,14,16).